The third kappa shape index (κ3) is 3.93. The van der Waals surface area contributed by atoms with E-state index in [0.29, 0.717) is 11.7 Å². The maximum Gasteiger partial charge on any atom is 0.327 e. The van der Waals surface area contributed by atoms with Gasteiger partial charge in [-0.2, -0.15) is 11.8 Å². The van der Waals surface area contributed by atoms with Crippen LogP contribution in [0.15, 0.2) is 24.3 Å². The number of esters is 1. The Kier molecular flexibility index (Phi) is 5.97. The SMILES string of the molecule is CCNC(CSCc1ccccc1Cl)(C(=O)OC)C1CC1. The molecule has 1 aliphatic rings. The molecule has 0 spiro atoms. The van der Waals surface area contributed by atoms with Crippen molar-refractivity contribution >= 4 is 29.3 Å². The van der Waals surface area contributed by atoms with E-state index in [1.165, 1.54) is 7.11 Å². The van der Waals surface area contributed by atoms with Gasteiger partial charge in [0.05, 0.1) is 7.11 Å². The molecule has 5 heteroatoms. The third-order valence-electron chi connectivity index (χ3n) is 3.86. The Hall–Kier alpha value is -0.710. The van der Waals surface area contributed by atoms with Crippen molar-refractivity contribution in [2.45, 2.75) is 31.1 Å². The largest absolute Gasteiger partial charge is 0.468 e. The zero-order valence-corrected chi connectivity index (χ0v) is 14.1. The second-order valence-electron chi connectivity index (χ2n) is 5.35. The van der Waals surface area contributed by atoms with Crippen molar-refractivity contribution < 1.29 is 9.53 Å². The molecule has 1 aromatic carbocycles. The van der Waals surface area contributed by atoms with Gasteiger partial charge in [0.25, 0.3) is 0 Å². The number of likely N-dealkylation sites (N-methyl/N-ethyl adjacent to an activating group) is 1. The minimum absolute atomic E-state index is 0.140. The maximum absolute atomic E-state index is 12.3. The van der Waals surface area contributed by atoms with Gasteiger partial charge in [0.15, 0.2) is 0 Å². The van der Waals surface area contributed by atoms with E-state index < -0.39 is 5.54 Å². The summed E-state index contributed by atoms with van der Waals surface area (Å²) in [6.07, 6.45) is 2.18. The van der Waals surface area contributed by atoms with Gasteiger partial charge in [0.2, 0.25) is 0 Å². The summed E-state index contributed by atoms with van der Waals surface area (Å²) < 4.78 is 5.06. The number of carbonyl (C=O) groups excluding carboxylic acids is 1. The van der Waals surface area contributed by atoms with E-state index in [-0.39, 0.29) is 5.97 Å². The first-order chi connectivity index (χ1) is 10.1. The molecule has 0 amide bonds. The lowest BCUT2D eigenvalue weighted by atomic mass is 9.95. The Labute approximate surface area is 135 Å². The van der Waals surface area contributed by atoms with Crippen molar-refractivity contribution in [3.05, 3.63) is 34.9 Å². The molecule has 1 fully saturated rings. The molecule has 1 aliphatic carbocycles. The number of rotatable bonds is 8. The summed E-state index contributed by atoms with van der Waals surface area (Å²) in [5.41, 5.74) is 0.560. The van der Waals surface area contributed by atoms with E-state index >= 15 is 0 Å². The highest BCUT2D eigenvalue weighted by Crippen LogP contribution is 2.42. The van der Waals surface area contributed by atoms with Gasteiger partial charge in [-0.1, -0.05) is 36.7 Å². The number of benzene rings is 1. The monoisotopic (exact) mass is 327 g/mol. The highest BCUT2D eigenvalue weighted by Gasteiger charge is 2.51. The van der Waals surface area contributed by atoms with E-state index in [1.807, 2.05) is 31.2 Å². The van der Waals surface area contributed by atoms with Crippen molar-refractivity contribution in [1.82, 2.24) is 5.32 Å². The second kappa shape index (κ2) is 7.52. The molecule has 2 rings (SSSR count). The molecular weight excluding hydrogens is 306 g/mol. The molecule has 1 atom stereocenters. The number of hydrogen-bond donors (Lipinski definition) is 1. The van der Waals surface area contributed by atoms with E-state index in [9.17, 15) is 4.79 Å². The van der Waals surface area contributed by atoms with E-state index in [2.05, 4.69) is 5.32 Å². The summed E-state index contributed by atoms with van der Waals surface area (Å²) in [6, 6.07) is 7.84. The van der Waals surface area contributed by atoms with Crippen LogP contribution in [0.4, 0.5) is 0 Å². The first-order valence-electron chi connectivity index (χ1n) is 7.28. The first-order valence-corrected chi connectivity index (χ1v) is 8.82. The Bertz CT molecular complexity index is 493. The van der Waals surface area contributed by atoms with Crippen molar-refractivity contribution in [1.29, 1.82) is 0 Å². The Morgan fingerprint density at radius 1 is 1.48 bits per heavy atom. The fourth-order valence-corrected chi connectivity index (χ4v) is 4.26. The number of methoxy groups -OCH3 is 1. The molecule has 0 aliphatic heterocycles. The van der Waals surface area contributed by atoms with E-state index in [4.69, 9.17) is 16.3 Å². The number of hydrogen-bond acceptors (Lipinski definition) is 4. The van der Waals surface area contributed by atoms with Crippen LogP contribution in [-0.4, -0.2) is 30.9 Å². The first kappa shape index (κ1) is 16.7. The molecule has 1 saturated carbocycles. The number of nitrogens with one attached hydrogen (secondary N) is 1. The van der Waals surface area contributed by atoms with Crippen molar-refractivity contribution in [2.24, 2.45) is 5.92 Å². The molecule has 1 aromatic rings. The molecule has 0 radical (unpaired) electrons. The number of halogens is 1. The molecule has 21 heavy (non-hydrogen) atoms. The Morgan fingerprint density at radius 2 is 2.19 bits per heavy atom. The van der Waals surface area contributed by atoms with Crippen LogP contribution in [0.3, 0.4) is 0 Å². The van der Waals surface area contributed by atoms with Gasteiger partial charge in [-0.15, -0.1) is 0 Å². The highest BCUT2D eigenvalue weighted by molar-refractivity contribution is 7.98. The second-order valence-corrected chi connectivity index (χ2v) is 6.74. The summed E-state index contributed by atoms with van der Waals surface area (Å²) in [4.78, 5) is 12.3. The predicted octanol–water partition coefficient (Wildman–Crippen LogP) is 3.50. The average Bonchev–Trinajstić information content (AvgIpc) is 3.32. The zero-order chi connectivity index (χ0) is 15.3. The van der Waals surface area contributed by atoms with Crippen LogP contribution >= 0.6 is 23.4 Å². The summed E-state index contributed by atoms with van der Waals surface area (Å²) in [6.45, 7) is 2.79. The van der Waals surface area contributed by atoms with Crippen molar-refractivity contribution in [2.75, 3.05) is 19.4 Å². The van der Waals surface area contributed by atoms with Gasteiger partial charge in [-0.05, 0) is 36.9 Å². The zero-order valence-electron chi connectivity index (χ0n) is 12.5. The maximum atomic E-state index is 12.3. The molecule has 0 saturated heterocycles. The molecule has 0 aromatic heterocycles. The molecule has 116 valence electrons. The molecule has 3 nitrogen and oxygen atoms in total. The summed E-state index contributed by atoms with van der Waals surface area (Å²) in [5, 5.41) is 4.16. The topological polar surface area (TPSA) is 38.3 Å². The van der Waals surface area contributed by atoms with E-state index in [0.717, 1.165) is 35.7 Å². The molecule has 0 heterocycles. The third-order valence-corrected chi connectivity index (χ3v) is 5.40. The fourth-order valence-electron chi connectivity index (χ4n) is 2.62. The lowest BCUT2D eigenvalue weighted by Crippen LogP contribution is -2.56. The molecule has 1 unspecified atom stereocenters. The van der Waals surface area contributed by atoms with Crippen LogP contribution in [0.2, 0.25) is 5.02 Å². The van der Waals surface area contributed by atoms with Gasteiger partial charge in [-0.25, -0.2) is 0 Å². The molecular formula is C16H22ClNO2S. The predicted molar refractivity (Wildman–Crippen MR) is 88.8 cm³/mol. The Morgan fingerprint density at radius 3 is 2.76 bits per heavy atom. The minimum atomic E-state index is -0.546. The van der Waals surface area contributed by atoms with Crippen LogP contribution in [-0.2, 0) is 15.3 Å². The fraction of sp³-hybridized carbons (Fsp3) is 0.562. The van der Waals surface area contributed by atoms with Crippen molar-refractivity contribution in [3.8, 4) is 0 Å². The summed E-state index contributed by atoms with van der Waals surface area (Å²) in [5.74, 6) is 1.77. The van der Waals surface area contributed by atoms with Gasteiger partial charge < -0.3 is 10.1 Å². The van der Waals surface area contributed by atoms with E-state index in [1.54, 1.807) is 11.8 Å². The number of ether oxygens (including phenoxy) is 1. The lowest BCUT2D eigenvalue weighted by Gasteiger charge is -2.31. The van der Waals surface area contributed by atoms with Gasteiger partial charge >= 0.3 is 5.97 Å². The molecule has 1 N–H and O–H groups in total. The van der Waals surface area contributed by atoms with Crippen LogP contribution < -0.4 is 5.32 Å². The highest BCUT2D eigenvalue weighted by atomic mass is 35.5. The van der Waals surface area contributed by atoms with Crippen LogP contribution in [0.25, 0.3) is 0 Å². The van der Waals surface area contributed by atoms with Gasteiger partial charge in [0, 0.05) is 16.5 Å². The van der Waals surface area contributed by atoms with Crippen LogP contribution in [0, 0.1) is 5.92 Å². The average molecular weight is 328 g/mol. The number of carbonyl (C=O) groups is 1. The normalized spacial score (nSPS) is 17.3. The minimum Gasteiger partial charge on any atom is -0.468 e. The summed E-state index contributed by atoms with van der Waals surface area (Å²) >= 11 is 7.91. The van der Waals surface area contributed by atoms with Gasteiger partial charge in [-0.3, -0.25) is 4.79 Å². The smallest absolute Gasteiger partial charge is 0.327 e. The van der Waals surface area contributed by atoms with Crippen LogP contribution in [0.5, 0.6) is 0 Å². The summed E-state index contributed by atoms with van der Waals surface area (Å²) in [7, 11) is 1.47. The quantitative estimate of drug-likeness (QED) is 0.742. The lowest BCUT2D eigenvalue weighted by molar-refractivity contribution is -0.148. The van der Waals surface area contributed by atoms with Crippen LogP contribution in [0.1, 0.15) is 25.3 Å². The Balaban J connectivity index is 2.02. The molecule has 0 bridgehead atoms. The standard InChI is InChI=1S/C16H22ClNO2S/c1-3-18-16(13-8-9-13,15(19)20-2)11-21-10-12-6-4-5-7-14(12)17/h4-7,13,18H,3,8-11H2,1-2H3. The number of thioether (sulfide) groups is 1. The van der Waals surface area contributed by atoms with Gasteiger partial charge in [0.1, 0.15) is 5.54 Å². The van der Waals surface area contributed by atoms with Crippen molar-refractivity contribution in [3.63, 3.8) is 0 Å².